The van der Waals surface area contributed by atoms with E-state index in [-0.39, 0.29) is 5.41 Å². The molecule has 1 spiro atoms. The van der Waals surface area contributed by atoms with Crippen LogP contribution in [-0.4, -0.2) is 23.5 Å². The molecule has 0 radical (unpaired) electrons. The minimum Gasteiger partial charge on any atom is -0.459 e. The van der Waals surface area contributed by atoms with Gasteiger partial charge in [-0.05, 0) is 71.1 Å². The lowest BCUT2D eigenvalue weighted by Crippen LogP contribution is -2.61. The van der Waals surface area contributed by atoms with Gasteiger partial charge >= 0.3 is 0 Å². The lowest BCUT2D eigenvalue weighted by atomic mass is 9.77. The summed E-state index contributed by atoms with van der Waals surface area (Å²) in [6.07, 6.45) is 2.00. The molecule has 6 aromatic rings. The predicted molar refractivity (Wildman–Crippen MR) is 179 cm³/mol. The first-order chi connectivity index (χ1) is 21.9. The summed E-state index contributed by atoms with van der Waals surface area (Å²) >= 11 is 0. The first-order valence-corrected chi connectivity index (χ1v) is 15.2. The summed E-state index contributed by atoms with van der Waals surface area (Å²) in [4.78, 5) is 32.6. The fourth-order valence-electron chi connectivity index (χ4n) is 7.63. The summed E-state index contributed by atoms with van der Waals surface area (Å²) in [5.41, 5.74) is 6.18. The SMILES string of the molecule is CC1(C)c2ccccc2N(Cc2ccccc2)C12C=Nc1c(ccc3cc(-c4ccc5c6c(cccc46)C(=O)C5=O)ccc13)O2. The molecule has 9 rings (SSSR count). The van der Waals surface area contributed by atoms with Crippen molar-refractivity contribution in [2.45, 2.75) is 31.5 Å². The number of benzene rings is 6. The number of hydrogen-bond donors (Lipinski definition) is 0. The van der Waals surface area contributed by atoms with E-state index >= 15 is 0 Å². The number of rotatable bonds is 3. The van der Waals surface area contributed by atoms with Crippen LogP contribution in [0.2, 0.25) is 0 Å². The van der Waals surface area contributed by atoms with Crippen LogP contribution >= 0.6 is 0 Å². The van der Waals surface area contributed by atoms with Crippen LogP contribution in [0.15, 0.2) is 120 Å². The third-order valence-corrected chi connectivity index (χ3v) is 9.98. The van der Waals surface area contributed by atoms with Gasteiger partial charge in [0.1, 0.15) is 11.4 Å². The molecule has 216 valence electrons. The molecule has 0 saturated heterocycles. The summed E-state index contributed by atoms with van der Waals surface area (Å²) in [7, 11) is 0. The molecule has 1 atom stereocenters. The summed E-state index contributed by atoms with van der Waals surface area (Å²) in [6, 6.07) is 38.8. The standard InChI is InChI=1S/C40H28N2O3/c1-39(2)32-13-6-7-14-33(32)42(22-24-9-4-3-5-10-24)40(39)23-41-36-28-17-15-25(21-26(28)16-20-34(36)45-40)27-18-19-31-35-29(27)11-8-12-30(35)37(43)38(31)44/h3-21,23H,22H2,1-2H3. The highest BCUT2D eigenvalue weighted by Gasteiger charge is 2.59. The summed E-state index contributed by atoms with van der Waals surface area (Å²) in [5.74, 6) is -0.104. The fraction of sp³-hybridized carbons (Fsp3) is 0.125. The Morgan fingerprint density at radius 1 is 0.711 bits per heavy atom. The molecule has 0 saturated carbocycles. The Bertz CT molecular complexity index is 2280. The Balaban J connectivity index is 1.15. The molecule has 5 nitrogen and oxygen atoms in total. The van der Waals surface area contributed by atoms with Crippen molar-refractivity contribution in [1.29, 1.82) is 0 Å². The number of fused-ring (bicyclic) bond motifs is 4. The van der Waals surface area contributed by atoms with Gasteiger partial charge in [-0.2, -0.15) is 0 Å². The third-order valence-electron chi connectivity index (χ3n) is 9.98. The smallest absolute Gasteiger partial charge is 0.234 e. The Hall–Kier alpha value is -5.55. The molecule has 0 bridgehead atoms. The van der Waals surface area contributed by atoms with Crippen molar-refractivity contribution < 1.29 is 14.3 Å². The van der Waals surface area contributed by atoms with E-state index in [1.807, 2.05) is 36.5 Å². The minimum absolute atomic E-state index is 0.378. The van der Waals surface area contributed by atoms with Crippen molar-refractivity contribution in [3.05, 3.63) is 138 Å². The van der Waals surface area contributed by atoms with Crippen molar-refractivity contribution >= 4 is 50.7 Å². The number of carbonyl (C=O) groups is 2. The van der Waals surface area contributed by atoms with E-state index in [1.54, 1.807) is 12.1 Å². The lowest BCUT2D eigenvalue weighted by molar-refractivity contribution is 0.0764. The van der Waals surface area contributed by atoms with Crippen molar-refractivity contribution in [2.24, 2.45) is 4.99 Å². The summed E-state index contributed by atoms with van der Waals surface area (Å²) < 4.78 is 7.11. The zero-order valence-electron chi connectivity index (χ0n) is 24.9. The minimum atomic E-state index is -0.813. The van der Waals surface area contributed by atoms with Crippen LogP contribution in [0.4, 0.5) is 11.4 Å². The zero-order valence-corrected chi connectivity index (χ0v) is 24.9. The van der Waals surface area contributed by atoms with Gasteiger partial charge in [0.2, 0.25) is 17.3 Å². The van der Waals surface area contributed by atoms with Gasteiger partial charge in [0.15, 0.2) is 0 Å². The number of nitrogens with zero attached hydrogens (tertiary/aromatic N) is 2. The third kappa shape index (κ3) is 3.41. The molecule has 0 amide bonds. The van der Waals surface area contributed by atoms with Crippen LogP contribution in [-0.2, 0) is 12.0 Å². The quantitative estimate of drug-likeness (QED) is 0.195. The van der Waals surface area contributed by atoms with Gasteiger partial charge < -0.3 is 9.64 Å². The first-order valence-electron chi connectivity index (χ1n) is 15.2. The second kappa shape index (κ2) is 8.99. The van der Waals surface area contributed by atoms with E-state index in [0.717, 1.165) is 49.8 Å². The second-order valence-electron chi connectivity index (χ2n) is 12.7. The molecule has 1 unspecified atom stereocenters. The first kappa shape index (κ1) is 25.9. The van der Waals surface area contributed by atoms with Crippen molar-refractivity contribution in [3.63, 3.8) is 0 Å². The number of ketones is 2. The molecule has 2 heterocycles. The molecule has 0 fully saturated rings. The maximum atomic E-state index is 12.6. The predicted octanol–water partition coefficient (Wildman–Crippen LogP) is 8.83. The molecule has 0 aromatic heterocycles. The highest BCUT2D eigenvalue weighted by atomic mass is 16.5. The second-order valence-corrected chi connectivity index (χ2v) is 12.7. The van der Waals surface area contributed by atoms with Gasteiger partial charge in [-0.25, -0.2) is 0 Å². The molecular formula is C40H28N2O3. The highest BCUT2D eigenvalue weighted by molar-refractivity contribution is 6.57. The van der Waals surface area contributed by atoms with E-state index in [2.05, 4.69) is 91.5 Å². The van der Waals surface area contributed by atoms with Gasteiger partial charge in [0, 0.05) is 34.1 Å². The molecule has 45 heavy (non-hydrogen) atoms. The number of aliphatic imine (C=N–C) groups is 1. The van der Waals surface area contributed by atoms with Gasteiger partial charge in [-0.3, -0.25) is 14.6 Å². The maximum absolute atomic E-state index is 12.6. The normalized spacial score (nSPS) is 18.9. The number of anilines is 1. The van der Waals surface area contributed by atoms with E-state index < -0.39 is 17.3 Å². The van der Waals surface area contributed by atoms with Crippen molar-refractivity contribution in [2.75, 3.05) is 4.90 Å². The van der Waals surface area contributed by atoms with Crippen LogP contribution in [0.3, 0.4) is 0 Å². The molecular weight excluding hydrogens is 556 g/mol. The van der Waals surface area contributed by atoms with E-state index in [0.29, 0.717) is 17.7 Å². The summed E-state index contributed by atoms with van der Waals surface area (Å²) in [6.45, 7) is 5.16. The Morgan fingerprint density at radius 3 is 2.31 bits per heavy atom. The molecule has 5 heteroatoms. The van der Waals surface area contributed by atoms with E-state index in [9.17, 15) is 9.59 Å². The van der Waals surface area contributed by atoms with Crippen LogP contribution in [0.1, 0.15) is 45.7 Å². The largest absolute Gasteiger partial charge is 0.459 e. The lowest BCUT2D eigenvalue weighted by Gasteiger charge is -2.46. The molecule has 3 aliphatic rings. The summed E-state index contributed by atoms with van der Waals surface area (Å²) in [5, 5.41) is 3.69. The zero-order chi connectivity index (χ0) is 30.5. The number of para-hydroxylation sites is 1. The fourth-order valence-corrected chi connectivity index (χ4v) is 7.63. The number of carbonyl (C=O) groups excluding carboxylic acids is 2. The average molecular weight is 585 g/mol. The van der Waals surface area contributed by atoms with E-state index in [1.165, 1.54) is 11.1 Å². The molecule has 0 N–H and O–H groups in total. The number of ether oxygens (including phenoxy) is 1. The van der Waals surface area contributed by atoms with Gasteiger partial charge in [-0.1, -0.05) is 91.0 Å². The van der Waals surface area contributed by atoms with Gasteiger partial charge in [-0.15, -0.1) is 0 Å². The molecule has 2 aliphatic heterocycles. The number of hydrogen-bond acceptors (Lipinski definition) is 5. The monoisotopic (exact) mass is 584 g/mol. The number of Topliss-reactive ketones (excluding diaryl/α,β-unsaturated/α-hetero) is 2. The Labute approximate surface area is 260 Å². The van der Waals surface area contributed by atoms with Crippen LogP contribution in [0.5, 0.6) is 5.75 Å². The van der Waals surface area contributed by atoms with Crippen LogP contribution in [0.25, 0.3) is 32.7 Å². The van der Waals surface area contributed by atoms with E-state index in [4.69, 9.17) is 9.73 Å². The van der Waals surface area contributed by atoms with Crippen LogP contribution in [0, 0.1) is 0 Å². The van der Waals surface area contributed by atoms with Gasteiger partial charge in [0.05, 0.1) is 11.6 Å². The van der Waals surface area contributed by atoms with Crippen molar-refractivity contribution in [1.82, 2.24) is 0 Å². The van der Waals surface area contributed by atoms with Gasteiger partial charge in [0.25, 0.3) is 0 Å². The molecule has 6 aromatic carbocycles. The molecule has 1 aliphatic carbocycles. The topological polar surface area (TPSA) is 59.0 Å². The highest BCUT2D eigenvalue weighted by Crippen LogP contribution is 2.55. The van der Waals surface area contributed by atoms with Crippen molar-refractivity contribution in [3.8, 4) is 16.9 Å². The Kier molecular flexibility index (Phi) is 5.18. The Morgan fingerprint density at radius 2 is 1.47 bits per heavy atom. The average Bonchev–Trinajstić information content (AvgIpc) is 3.42. The maximum Gasteiger partial charge on any atom is 0.234 e. The van der Waals surface area contributed by atoms with Crippen LogP contribution < -0.4 is 9.64 Å².